The number of aryl methyl sites for hydroxylation is 2. The largest absolute Gasteiger partial charge is 0.451 e. The van der Waals surface area contributed by atoms with Crippen molar-refractivity contribution in [1.82, 2.24) is 19.7 Å². The van der Waals surface area contributed by atoms with Gasteiger partial charge in [-0.1, -0.05) is 0 Å². The number of aromatic nitrogens is 4. The van der Waals surface area contributed by atoms with E-state index in [1.165, 1.54) is 13.0 Å². The zero-order valence-electron chi connectivity index (χ0n) is 11.6. The van der Waals surface area contributed by atoms with Gasteiger partial charge in [-0.25, -0.2) is 9.97 Å². The molecule has 0 aromatic carbocycles. The second-order valence-electron chi connectivity index (χ2n) is 5.19. The molecule has 3 rings (SSSR count). The molecule has 8 heteroatoms. The predicted molar refractivity (Wildman–Crippen MR) is 70.2 cm³/mol. The summed E-state index contributed by atoms with van der Waals surface area (Å²) in [5.74, 6) is -0.0554. The van der Waals surface area contributed by atoms with Crippen molar-refractivity contribution >= 4 is 11.6 Å². The summed E-state index contributed by atoms with van der Waals surface area (Å²) >= 11 is 0. The van der Waals surface area contributed by atoms with Crippen LogP contribution in [0, 0.1) is 6.92 Å². The lowest BCUT2D eigenvalue weighted by atomic mass is 10.3. The topological polar surface area (TPSA) is 55.6 Å². The van der Waals surface area contributed by atoms with E-state index in [1.807, 2.05) is 13.1 Å². The number of nitrogens with one attached hydrogen (secondary N) is 1. The van der Waals surface area contributed by atoms with Crippen molar-refractivity contribution in [2.45, 2.75) is 31.9 Å². The van der Waals surface area contributed by atoms with E-state index in [0.29, 0.717) is 11.7 Å². The lowest BCUT2D eigenvalue weighted by Gasteiger charge is -2.08. The van der Waals surface area contributed by atoms with Gasteiger partial charge in [0.05, 0.1) is 0 Å². The monoisotopic (exact) mass is 297 g/mol. The molecule has 1 saturated carbocycles. The summed E-state index contributed by atoms with van der Waals surface area (Å²) in [6, 6.07) is 3.31. The van der Waals surface area contributed by atoms with Crippen LogP contribution in [0.1, 0.15) is 36.0 Å². The van der Waals surface area contributed by atoms with E-state index in [9.17, 15) is 13.2 Å². The first kappa shape index (κ1) is 13.8. The van der Waals surface area contributed by atoms with Crippen LogP contribution in [0.2, 0.25) is 0 Å². The van der Waals surface area contributed by atoms with Crippen molar-refractivity contribution in [3.05, 3.63) is 29.3 Å². The van der Waals surface area contributed by atoms with E-state index >= 15 is 0 Å². The summed E-state index contributed by atoms with van der Waals surface area (Å²) in [7, 11) is 1.82. The SMILES string of the molecule is Cc1cc(Nc2cc(C3CC3)n(C)n2)nc(C(F)(F)F)n1. The third-order valence-electron chi connectivity index (χ3n) is 3.28. The van der Waals surface area contributed by atoms with Crippen LogP contribution >= 0.6 is 0 Å². The van der Waals surface area contributed by atoms with Crippen LogP contribution in [0.4, 0.5) is 24.8 Å². The van der Waals surface area contributed by atoms with Crippen LogP contribution < -0.4 is 5.32 Å². The van der Waals surface area contributed by atoms with Crippen molar-refractivity contribution in [3.63, 3.8) is 0 Å². The van der Waals surface area contributed by atoms with Gasteiger partial charge in [0.1, 0.15) is 5.82 Å². The van der Waals surface area contributed by atoms with Crippen LogP contribution in [0.15, 0.2) is 12.1 Å². The van der Waals surface area contributed by atoms with Gasteiger partial charge in [0, 0.05) is 36.5 Å². The molecule has 1 aliphatic carbocycles. The predicted octanol–water partition coefficient (Wildman–Crippen LogP) is 3.16. The zero-order valence-corrected chi connectivity index (χ0v) is 11.6. The molecule has 0 saturated heterocycles. The van der Waals surface area contributed by atoms with Gasteiger partial charge in [0.15, 0.2) is 5.82 Å². The molecule has 1 fully saturated rings. The first-order valence-corrected chi connectivity index (χ1v) is 6.57. The van der Waals surface area contributed by atoms with Crippen molar-refractivity contribution < 1.29 is 13.2 Å². The maximum absolute atomic E-state index is 12.7. The maximum atomic E-state index is 12.7. The van der Waals surface area contributed by atoms with Crippen LogP contribution in [-0.4, -0.2) is 19.7 Å². The molecule has 0 amide bonds. The minimum atomic E-state index is -4.56. The van der Waals surface area contributed by atoms with Crippen molar-refractivity contribution in [2.24, 2.45) is 7.05 Å². The second kappa shape index (κ2) is 4.71. The van der Waals surface area contributed by atoms with Crippen molar-refractivity contribution in [1.29, 1.82) is 0 Å². The zero-order chi connectivity index (χ0) is 15.2. The van der Waals surface area contributed by atoms with Gasteiger partial charge in [-0.3, -0.25) is 4.68 Å². The summed E-state index contributed by atoms with van der Waals surface area (Å²) in [6.07, 6.45) is -2.31. The molecule has 0 unspecified atom stereocenters. The Balaban J connectivity index is 1.87. The van der Waals surface area contributed by atoms with Gasteiger partial charge in [0.2, 0.25) is 5.82 Å². The minimum absolute atomic E-state index is 0.0928. The number of nitrogens with zero attached hydrogens (tertiary/aromatic N) is 4. The fourth-order valence-corrected chi connectivity index (χ4v) is 2.19. The molecular formula is C13H14F3N5. The number of rotatable bonds is 3. The smallest absolute Gasteiger partial charge is 0.323 e. The Hall–Kier alpha value is -2.12. The van der Waals surface area contributed by atoms with Gasteiger partial charge in [0.25, 0.3) is 0 Å². The average Bonchev–Trinajstić information content (AvgIpc) is 3.13. The van der Waals surface area contributed by atoms with Gasteiger partial charge in [-0.15, -0.1) is 0 Å². The first-order valence-electron chi connectivity index (χ1n) is 6.57. The summed E-state index contributed by atoms with van der Waals surface area (Å²) in [5.41, 5.74) is 1.33. The average molecular weight is 297 g/mol. The third-order valence-corrected chi connectivity index (χ3v) is 3.28. The molecule has 0 bridgehead atoms. The fourth-order valence-electron chi connectivity index (χ4n) is 2.19. The number of hydrogen-bond acceptors (Lipinski definition) is 4. The highest BCUT2D eigenvalue weighted by Gasteiger charge is 2.35. The standard InChI is InChI=1S/C13H14F3N5/c1-7-5-10(19-12(17-7)13(14,15)16)18-11-6-9(8-3-4-8)21(2)20-11/h5-6,8H,3-4H2,1-2H3,(H,17,18,19,20). The molecule has 5 nitrogen and oxygen atoms in total. The molecule has 21 heavy (non-hydrogen) atoms. The van der Waals surface area contributed by atoms with E-state index in [1.54, 1.807) is 4.68 Å². The first-order chi connectivity index (χ1) is 9.83. The van der Waals surface area contributed by atoms with Gasteiger partial charge >= 0.3 is 6.18 Å². The van der Waals surface area contributed by atoms with Gasteiger partial charge in [-0.2, -0.15) is 18.3 Å². The van der Waals surface area contributed by atoms with Crippen LogP contribution in [0.3, 0.4) is 0 Å². The quantitative estimate of drug-likeness (QED) is 0.945. The van der Waals surface area contributed by atoms with Crippen molar-refractivity contribution in [3.8, 4) is 0 Å². The number of halogens is 3. The summed E-state index contributed by atoms with van der Waals surface area (Å²) < 4.78 is 39.8. The second-order valence-corrected chi connectivity index (χ2v) is 5.19. The van der Waals surface area contributed by atoms with Crippen LogP contribution in [0.5, 0.6) is 0 Å². The highest BCUT2D eigenvalue weighted by molar-refractivity contribution is 5.53. The molecule has 0 spiro atoms. The van der Waals surface area contributed by atoms with E-state index in [-0.39, 0.29) is 11.5 Å². The normalized spacial score (nSPS) is 15.3. The van der Waals surface area contributed by atoms with Crippen LogP contribution in [0.25, 0.3) is 0 Å². The highest BCUT2D eigenvalue weighted by Crippen LogP contribution is 2.40. The number of alkyl halides is 3. The van der Waals surface area contributed by atoms with E-state index in [0.717, 1.165) is 18.5 Å². The molecule has 2 heterocycles. The van der Waals surface area contributed by atoms with Crippen molar-refractivity contribution in [2.75, 3.05) is 5.32 Å². The fraction of sp³-hybridized carbons (Fsp3) is 0.462. The van der Waals surface area contributed by atoms with Gasteiger partial charge in [-0.05, 0) is 19.8 Å². The lowest BCUT2D eigenvalue weighted by molar-refractivity contribution is -0.145. The summed E-state index contributed by atoms with van der Waals surface area (Å²) in [6.45, 7) is 1.50. The Morgan fingerprint density at radius 1 is 1.19 bits per heavy atom. The Morgan fingerprint density at radius 3 is 2.52 bits per heavy atom. The molecule has 0 aliphatic heterocycles. The molecule has 2 aromatic rings. The molecular weight excluding hydrogens is 283 g/mol. The Labute approximate surface area is 119 Å². The Bertz CT molecular complexity index is 673. The molecule has 0 atom stereocenters. The molecule has 1 aliphatic rings. The third kappa shape index (κ3) is 2.98. The minimum Gasteiger partial charge on any atom is -0.323 e. The maximum Gasteiger partial charge on any atom is 0.451 e. The molecule has 1 N–H and O–H groups in total. The number of hydrogen-bond donors (Lipinski definition) is 1. The van der Waals surface area contributed by atoms with Gasteiger partial charge < -0.3 is 5.32 Å². The lowest BCUT2D eigenvalue weighted by Crippen LogP contribution is -2.13. The molecule has 0 radical (unpaired) electrons. The van der Waals surface area contributed by atoms with E-state index < -0.39 is 12.0 Å². The highest BCUT2D eigenvalue weighted by atomic mass is 19.4. The Kier molecular flexibility index (Phi) is 3.11. The Morgan fingerprint density at radius 2 is 1.90 bits per heavy atom. The number of anilines is 2. The summed E-state index contributed by atoms with van der Waals surface area (Å²) in [4.78, 5) is 6.91. The summed E-state index contributed by atoms with van der Waals surface area (Å²) in [5, 5.41) is 7.07. The molecule has 2 aromatic heterocycles. The van der Waals surface area contributed by atoms with Crippen LogP contribution in [-0.2, 0) is 13.2 Å². The van der Waals surface area contributed by atoms with E-state index in [4.69, 9.17) is 0 Å². The van der Waals surface area contributed by atoms with E-state index in [2.05, 4.69) is 20.4 Å². The molecule has 112 valence electrons.